The van der Waals surface area contributed by atoms with Crippen LogP contribution in [0.15, 0.2) is 48.5 Å². The highest BCUT2D eigenvalue weighted by atomic mass is 16.6. The predicted molar refractivity (Wildman–Crippen MR) is 92.1 cm³/mol. The Bertz CT molecular complexity index is 820. The Labute approximate surface area is 146 Å². The lowest BCUT2D eigenvalue weighted by atomic mass is 9.98. The van der Waals surface area contributed by atoms with Gasteiger partial charge in [-0.3, -0.25) is 9.59 Å². The summed E-state index contributed by atoms with van der Waals surface area (Å²) in [5, 5.41) is 10.9. The molecule has 25 heavy (non-hydrogen) atoms. The SMILES string of the molecule is O=C1c2ccccc2[C@H](O)[C@@H](OC(=O)C2CCCC2)c2ccccc21. The molecule has 4 nitrogen and oxygen atoms in total. The van der Waals surface area contributed by atoms with Crippen LogP contribution in [0.25, 0.3) is 0 Å². The van der Waals surface area contributed by atoms with Crippen molar-refractivity contribution in [2.24, 2.45) is 5.92 Å². The van der Waals surface area contributed by atoms with Crippen molar-refractivity contribution in [1.82, 2.24) is 0 Å². The highest BCUT2D eigenvalue weighted by Gasteiger charge is 2.37. The number of esters is 1. The van der Waals surface area contributed by atoms with E-state index in [0.29, 0.717) is 22.3 Å². The van der Waals surface area contributed by atoms with Gasteiger partial charge in [0.2, 0.25) is 0 Å². The van der Waals surface area contributed by atoms with Gasteiger partial charge >= 0.3 is 5.97 Å². The van der Waals surface area contributed by atoms with E-state index < -0.39 is 12.2 Å². The lowest BCUT2D eigenvalue weighted by molar-refractivity contribution is -0.161. The molecule has 2 aromatic carbocycles. The predicted octanol–water partition coefficient (Wildman–Crippen LogP) is 3.74. The molecule has 0 saturated heterocycles. The molecule has 2 aliphatic rings. The van der Waals surface area contributed by atoms with E-state index in [1.54, 1.807) is 48.5 Å². The first-order chi connectivity index (χ1) is 12.2. The molecule has 0 radical (unpaired) electrons. The fourth-order valence-corrected chi connectivity index (χ4v) is 3.90. The average Bonchev–Trinajstić information content (AvgIpc) is 3.17. The van der Waals surface area contributed by atoms with Crippen LogP contribution in [0.1, 0.15) is 64.9 Å². The van der Waals surface area contributed by atoms with Crippen molar-refractivity contribution in [3.05, 3.63) is 70.8 Å². The van der Waals surface area contributed by atoms with E-state index >= 15 is 0 Å². The second kappa shape index (κ2) is 6.45. The van der Waals surface area contributed by atoms with Gasteiger partial charge in [0, 0.05) is 16.7 Å². The van der Waals surface area contributed by atoms with Crippen LogP contribution < -0.4 is 0 Å². The van der Waals surface area contributed by atoms with Crippen LogP contribution >= 0.6 is 0 Å². The summed E-state index contributed by atoms with van der Waals surface area (Å²) in [6.07, 6.45) is 1.80. The van der Waals surface area contributed by atoms with Gasteiger partial charge in [0.15, 0.2) is 11.9 Å². The number of rotatable bonds is 2. The summed E-state index contributed by atoms with van der Waals surface area (Å²) < 4.78 is 5.76. The highest BCUT2D eigenvalue weighted by molar-refractivity contribution is 6.11. The smallest absolute Gasteiger partial charge is 0.309 e. The molecule has 0 bridgehead atoms. The zero-order valence-corrected chi connectivity index (χ0v) is 13.9. The Morgan fingerprint density at radius 3 is 2.16 bits per heavy atom. The van der Waals surface area contributed by atoms with E-state index in [2.05, 4.69) is 0 Å². The van der Waals surface area contributed by atoms with Crippen LogP contribution in [0, 0.1) is 5.92 Å². The highest BCUT2D eigenvalue weighted by Crippen LogP contribution is 2.41. The molecule has 0 aliphatic heterocycles. The normalized spacial score (nSPS) is 22.8. The van der Waals surface area contributed by atoms with Gasteiger partial charge in [0.1, 0.15) is 6.10 Å². The van der Waals surface area contributed by atoms with Crippen molar-refractivity contribution in [2.75, 3.05) is 0 Å². The number of ether oxygens (including phenoxy) is 1. The lowest BCUT2D eigenvalue weighted by Crippen LogP contribution is -2.22. The molecule has 0 aromatic heterocycles. The third-order valence-electron chi connectivity index (χ3n) is 5.25. The molecule has 2 aliphatic carbocycles. The molecule has 1 N–H and O–H groups in total. The molecule has 4 rings (SSSR count). The van der Waals surface area contributed by atoms with E-state index in [4.69, 9.17) is 4.74 Å². The van der Waals surface area contributed by atoms with Gasteiger partial charge in [0.25, 0.3) is 0 Å². The summed E-state index contributed by atoms with van der Waals surface area (Å²) >= 11 is 0. The van der Waals surface area contributed by atoms with E-state index in [-0.39, 0.29) is 17.7 Å². The summed E-state index contributed by atoms with van der Waals surface area (Å²) in [6, 6.07) is 14.0. The topological polar surface area (TPSA) is 63.6 Å². The van der Waals surface area contributed by atoms with E-state index in [9.17, 15) is 14.7 Å². The summed E-state index contributed by atoms with van der Waals surface area (Å²) in [5.41, 5.74) is 2.02. The molecule has 128 valence electrons. The summed E-state index contributed by atoms with van der Waals surface area (Å²) in [5.74, 6) is -0.526. The number of carbonyl (C=O) groups is 2. The van der Waals surface area contributed by atoms with Crippen molar-refractivity contribution in [3.8, 4) is 0 Å². The van der Waals surface area contributed by atoms with Crippen LogP contribution in [-0.4, -0.2) is 16.9 Å². The molecule has 4 heteroatoms. The number of hydrogen-bond acceptors (Lipinski definition) is 4. The van der Waals surface area contributed by atoms with Crippen molar-refractivity contribution >= 4 is 11.8 Å². The van der Waals surface area contributed by atoms with E-state index in [1.807, 2.05) is 0 Å². The van der Waals surface area contributed by atoms with Gasteiger partial charge in [-0.05, 0) is 18.4 Å². The second-order valence-electron chi connectivity index (χ2n) is 6.79. The maximum Gasteiger partial charge on any atom is 0.309 e. The lowest BCUT2D eigenvalue weighted by Gasteiger charge is -2.25. The minimum Gasteiger partial charge on any atom is -0.454 e. The first-order valence-electron chi connectivity index (χ1n) is 8.78. The summed E-state index contributed by atoms with van der Waals surface area (Å²) in [6.45, 7) is 0. The molecule has 0 unspecified atom stereocenters. The largest absolute Gasteiger partial charge is 0.454 e. The Morgan fingerprint density at radius 1 is 0.920 bits per heavy atom. The van der Waals surface area contributed by atoms with Crippen LogP contribution in [0.5, 0.6) is 0 Å². The maximum atomic E-state index is 12.9. The van der Waals surface area contributed by atoms with Crippen molar-refractivity contribution in [3.63, 3.8) is 0 Å². The van der Waals surface area contributed by atoms with Gasteiger partial charge < -0.3 is 9.84 Å². The Balaban J connectivity index is 1.78. The number of benzene rings is 2. The van der Waals surface area contributed by atoms with Crippen molar-refractivity contribution in [2.45, 2.75) is 37.9 Å². The molecular formula is C21H20O4. The minimum atomic E-state index is -1.06. The van der Waals surface area contributed by atoms with E-state index in [0.717, 1.165) is 25.7 Å². The quantitative estimate of drug-likeness (QED) is 0.849. The monoisotopic (exact) mass is 336 g/mol. The molecule has 1 saturated carbocycles. The Hall–Kier alpha value is -2.46. The summed E-state index contributed by atoms with van der Waals surface area (Å²) in [7, 11) is 0. The first-order valence-corrected chi connectivity index (χ1v) is 8.78. The second-order valence-corrected chi connectivity index (χ2v) is 6.79. The average molecular weight is 336 g/mol. The van der Waals surface area contributed by atoms with E-state index in [1.165, 1.54) is 0 Å². The fourth-order valence-electron chi connectivity index (χ4n) is 3.90. The number of fused-ring (bicyclic) bond motifs is 2. The van der Waals surface area contributed by atoms with Gasteiger partial charge in [-0.25, -0.2) is 0 Å². The molecule has 1 fully saturated rings. The number of aliphatic hydroxyl groups is 1. The number of hydrogen-bond donors (Lipinski definition) is 1. The molecule has 0 heterocycles. The van der Waals surface area contributed by atoms with Gasteiger partial charge in [-0.2, -0.15) is 0 Å². The van der Waals surface area contributed by atoms with Crippen LogP contribution in [0.4, 0.5) is 0 Å². The molecule has 2 atom stereocenters. The molecule has 2 aromatic rings. The van der Waals surface area contributed by atoms with Crippen LogP contribution in [0.2, 0.25) is 0 Å². The third kappa shape index (κ3) is 2.76. The van der Waals surface area contributed by atoms with Gasteiger partial charge in [-0.15, -0.1) is 0 Å². The third-order valence-corrected chi connectivity index (χ3v) is 5.25. The van der Waals surface area contributed by atoms with Gasteiger partial charge in [0.05, 0.1) is 5.92 Å². The Kier molecular flexibility index (Phi) is 4.14. The van der Waals surface area contributed by atoms with Crippen LogP contribution in [-0.2, 0) is 9.53 Å². The van der Waals surface area contributed by atoms with Crippen molar-refractivity contribution < 1.29 is 19.4 Å². The van der Waals surface area contributed by atoms with Crippen LogP contribution in [0.3, 0.4) is 0 Å². The molecule has 0 amide bonds. The molecule has 0 spiro atoms. The fraction of sp³-hybridized carbons (Fsp3) is 0.333. The van der Waals surface area contributed by atoms with Gasteiger partial charge in [-0.1, -0.05) is 61.4 Å². The summed E-state index contributed by atoms with van der Waals surface area (Å²) in [4.78, 5) is 25.5. The standard InChI is InChI=1S/C21H20O4/c22-18-14-9-3-4-10-15(14)19(23)20(17-12-6-5-11-16(17)18)25-21(24)13-7-1-2-8-13/h3-6,9-13,19-20,23H,1-2,7-8H2/t19-,20-/m0/s1. The molecular weight excluding hydrogens is 316 g/mol. The number of ketones is 1. The number of carbonyl (C=O) groups excluding carboxylic acids is 2. The Morgan fingerprint density at radius 2 is 1.48 bits per heavy atom. The zero-order chi connectivity index (χ0) is 17.4. The first kappa shape index (κ1) is 16.0. The van der Waals surface area contributed by atoms with Crippen molar-refractivity contribution in [1.29, 1.82) is 0 Å². The zero-order valence-electron chi connectivity index (χ0n) is 13.9. The maximum absolute atomic E-state index is 12.9. The minimum absolute atomic E-state index is 0.103. The number of aliphatic hydroxyl groups excluding tert-OH is 1.